The summed E-state index contributed by atoms with van der Waals surface area (Å²) in [5.74, 6) is 0.480. The molecule has 0 unspecified atom stereocenters. The summed E-state index contributed by atoms with van der Waals surface area (Å²) in [7, 11) is 0. The first-order valence-corrected chi connectivity index (χ1v) is 7.05. The number of nitro groups is 1. The maximum atomic E-state index is 11.0. The molecule has 0 radical (unpaired) electrons. The number of nitro benzene ring substituents is 1. The molecule has 1 aromatic carbocycles. The normalized spacial score (nSPS) is 10.9. The lowest BCUT2D eigenvalue weighted by Crippen LogP contribution is -2.04. The second kappa shape index (κ2) is 6.58. The highest BCUT2D eigenvalue weighted by Crippen LogP contribution is 2.29. The molecule has 0 atom stereocenters. The van der Waals surface area contributed by atoms with Crippen molar-refractivity contribution in [3.8, 4) is 5.75 Å². The van der Waals surface area contributed by atoms with Gasteiger partial charge in [0.2, 0.25) is 0 Å². The Kier molecular flexibility index (Phi) is 4.80. The van der Waals surface area contributed by atoms with Crippen molar-refractivity contribution in [3.05, 3.63) is 51.8 Å². The predicted octanol–water partition coefficient (Wildman–Crippen LogP) is 3.69. The molecule has 0 aliphatic carbocycles. The van der Waals surface area contributed by atoms with Crippen molar-refractivity contribution in [2.75, 3.05) is 0 Å². The quantitative estimate of drug-likeness (QED) is 0.463. The Bertz CT molecular complexity index is 640. The third-order valence-electron chi connectivity index (χ3n) is 2.94. The lowest BCUT2D eigenvalue weighted by atomic mass is 10.2. The lowest BCUT2D eigenvalue weighted by Gasteiger charge is -2.07. The van der Waals surface area contributed by atoms with E-state index in [0.717, 1.165) is 5.56 Å². The van der Waals surface area contributed by atoms with Gasteiger partial charge in [-0.2, -0.15) is 5.10 Å². The summed E-state index contributed by atoms with van der Waals surface area (Å²) in [5.41, 5.74) is 1.41. The molecule has 1 heterocycles. The van der Waals surface area contributed by atoms with Gasteiger partial charge in [-0.25, -0.2) is 0 Å². The molecule has 0 aliphatic rings. The van der Waals surface area contributed by atoms with Crippen LogP contribution in [0.1, 0.15) is 31.1 Å². The average Bonchev–Trinajstić information content (AvgIpc) is 2.93. The van der Waals surface area contributed by atoms with E-state index in [1.165, 1.54) is 6.07 Å². The first kappa shape index (κ1) is 15.3. The molecular weight excluding hydrogens is 294 g/mol. The van der Waals surface area contributed by atoms with Gasteiger partial charge in [-0.3, -0.25) is 14.8 Å². The molecule has 21 heavy (non-hydrogen) atoms. The molecule has 2 aromatic rings. The fraction of sp³-hybridized carbons (Fsp3) is 0.357. The van der Waals surface area contributed by atoms with Crippen LogP contribution in [-0.2, 0) is 12.5 Å². The van der Waals surface area contributed by atoms with Crippen molar-refractivity contribution >= 4 is 17.3 Å². The van der Waals surface area contributed by atoms with E-state index in [9.17, 15) is 10.1 Å². The van der Waals surface area contributed by atoms with Gasteiger partial charge < -0.3 is 4.74 Å². The predicted molar refractivity (Wildman–Crippen MR) is 79.6 cm³/mol. The molecule has 112 valence electrons. The Morgan fingerprint density at radius 1 is 1.43 bits per heavy atom. The smallest absolute Gasteiger partial charge is 0.310 e. The number of alkyl halides is 1. The van der Waals surface area contributed by atoms with Crippen LogP contribution in [0.4, 0.5) is 5.69 Å². The van der Waals surface area contributed by atoms with Crippen LogP contribution in [0.25, 0.3) is 0 Å². The molecule has 0 saturated carbocycles. The first-order chi connectivity index (χ1) is 10.0. The van der Waals surface area contributed by atoms with Crippen molar-refractivity contribution in [2.24, 2.45) is 0 Å². The largest absolute Gasteiger partial charge is 0.480 e. The molecule has 2 rings (SSSR count). The Balaban J connectivity index is 2.15. The van der Waals surface area contributed by atoms with E-state index in [0.29, 0.717) is 5.69 Å². The number of ether oxygens (including phenoxy) is 1. The number of hydrogen-bond donors (Lipinski definition) is 0. The highest BCUT2D eigenvalue weighted by Gasteiger charge is 2.16. The van der Waals surface area contributed by atoms with Crippen molar-refractivity contribution in [1.82, 2.24) is 9.78 Å². The van der Waals surface area contributed by atoms with Gasteiger partial charge in [0.1, 0.15) is 6.61 Å². The number of nitrogens with zero attached hydrogens (tertiary/aromatic N) is 3. The molecule has 6 nitrogen and oxygen atoms in total. The molecule has 0 amide bonds. The van der Waals surface area contributed by atoms with Crippen LogP contribution in [-0.4, -0.2) is 14.7 Å². The molecule has 0 fully saturated rings. The van der Waals surface area contributed by atoms with Crippen LogP contribution in [0.15, 0.2) is 30.5 Å². The second-order valence-electron chi connectivity index (χ2n) is 4.86. The van der Waals surface area contributed by atoms with E-state index >= 15 is 0 Å². The number of rotatable bonds is 6. The van der Waals surface area contributed by atoms with E-state index in [-0.39, 0.29) is 30.0 Å². The Labute approximate surface area is 127 Å². The zero-order chi connectivity index (χ0) is 15.4. The molecule has 7 heteroatoms. The van der Waals surface area contributed by atoms with Crippen LogP contribution in [0.5, 0.6) is 5.75 Å². The van der Waals surface area contributed by atoms with Gasteiger partial charge in [0.15, 0.2) is 5.75 Å². The van der Waals surface area contributed by atoms with Gasteiger partial charge in [0.25, 0.3) is 0 Å². The minimum Gasteiger partial charge on any atom is -0.480 e. The fourth-order valence-electron chi connectivity index (χ4n) is 1.80. The summed E-state index contributed by atoms with van der Waals surface area (Å²) in [5, 5.41) is 15.3. The van der Waals surface area contributed by atoms with Crippen LogP contribution in [0.3, 0.4) is 0 Å². The highest BCUT2D eigenvalue weighted by molar-refractivity contribution is 6.17. The van der Waals surface area contributed by atoms with Crippen molar-refractivity contribution in [1.29, 1.82) is 0 Å². The van der Waals surface area contributed by atoms with Gasteiger partial charge in [-0.05, 0) is 31.5 Å². The van der Waals surface area contributed by atoms with Gasteiger partial charge in [-0.15, -0.1) is 11.6 Å². The topological polar surface area (TPSA) is 70.2 Å². The number of benzene rings is 1. The van der Waals surface area contributed by atoms with Crippen molar-refractivity contribution < 1.29 is 9.66 Å². The lowest BCUT2D eigenvalue weighted by molar-refractivity contribution is -0.386. The minimum absolute atomic E-state index is 0.0767. The number of hydrogen-bond acceptors (Lipinski definition) is 4. The van der Waals surface area contributed by atoms with Gasteiger partial charge in [0, 0.05) is 24.2 Å². The van der Waals surface area contributed by atoms with E-state index in [2.05, 4.69) is 5.10 Å². The summed E-state index contributed by atoms with van der Waals surface area (Å²) >= 11 is 5.75. The Hall–Kier alpha value is -2.08. The summed E-state index contributed by atoms with van der Waals surface area (Å²) in [6, 6.07) is 6.69. The van der Waals surface area contributed by atoms with Crippen molar-refractivity contribution in [2.45, 2.75) is 32.4 Å². The summed E-state index contributed by atoms with van der Waals surface area (Å²) in [6.45, 7) is 4.21. The number of halogens is 1. The van der Waals surface area contributed by atoms with E-state index in [1.807, 2.05) is 30.8 Å². The maximum Gasteiger partial charge on any atom is 0.310 e. The number of aromatic nitrogens is 2. The van der Waals surface area contributed by atoms with Crippen molar-refractivity contribution in [3.63, 3.8) is 0 Å². The maximum absolute atomic E-state index is 11.0. The minimum atomic E-state index is -0.472. The summed E-state index contributed by atoms with van der Waals surface area (Å²) in [6.07, 6.45) is 1.85. The monoisotopic (exact) mass is 309 g/mol. The SMILES string of the molecule is CC(C)n1ccc(COc2cc(CCl)ccc2[N+](=O)[O-])n1. The zero-order valence-electron chi connectivity index (χ0n) is 11.8. The highest BCUT2D eigenvalue weighted by atomic mass is 35.5. The molecule has 0 saturated heterocycles. The second-order valence-corrected chi connectivity index (χ2v) is 5.13. The summed E-state index contributed by atoms with van der Waals surface area (Å²) in [4.78, 5) is 10.5. The zero-order valence-corrected chi connectivity index (χ0v) is 12.6. The van der Waals surface area contributed by atoms with E-state index in [1.54, 1.807) is 12.1 Å². The van der Waals surface area contributed by atoms with Gasteiger partial charge >= 0.3 is 5.69 Å². The van der Waals surface area contributed by atoms with Gasteiger partial charge in [-0.1, -0.05) is 6.07 Å². The standard InChI is InChI=1S/C14H16ClN3O3/c1-10(2)17-6-5-12(16-17)9-21-14-7-11(8-15)3-4-13(14)18(19)20/h3-7,10H,8-9H2,1-2H3. The molecule has 1 aromatic heterocycles. The molecule has 0 spiro atoms. The van der Waals surface area contributed by atoms with E-state index in [4.69, 9.17) is 16.3 Å². The Morgan fingerprint density at radius 2 is 2.19 bits per heavy atom. The van der Waals surface area contributed by atoms with Crippen LogP contribution >= 0.6 is 11.6 Å². The molecule has 0 bridgehead atoms. The molecule has 0 aliphatic heterocycles. The third-order valence-corrected chi connectivity index (χ3v) is 3.25. The van der Waals surface area contributed by atoms with E-state index < -0.39 is 4.92 Å². The molecular formula is C14H16ClN3O3. The van der Waals surface area contributed by atoms with Crippen LogP contribution in [0.2, 0.25) is 0 Å². The third kappa shape index (κ3) is 3.72. The first-order valence-electron chi connectivity index (χ1n) is 6.51. The van der Waals surface area contributed by atoms with Crippen LogP contribution < -0.4 is 4.74 Å². The van der Waals surface area contributed by atoms with Gasteiger partial charge in [0.05, 0.1) is 10.6 Å². The molecule has 0 N–H and O–H groups in total. The average molecular weight is 310 g/mol. The fourth-order valence-corrected chi connectivity index (χ4v) is 1.97. The summed E-state index contributed by atoms with van der Waals surface area (Å²) < 4.78 is 7.35. The Morgan fingerprint density at radius 3 is 2.76 bits per heavy atom. The van der Waals surface area contributed by atoms with Crippen LogP contribution in [0, 0.1) is 10.1 Å².